The molecule has 0 spiro atoms. The largest absolute Gasteiger partial charge is 0.321 e. The van der Waals surface area contributed by atoms with E-state index in [0.29, 0.717) is 5.39 Å². The summed E-state index contributed by atoms with van der Waals surface area (Å²) in [5, 5.41) is 0.613. The molecule has 0 radical (unpaired) electrons. The van der Waals surface area contributed by atoms with Gasteiger partial charge in [-0.2, -0.15) is 0 Å². The van der Waals surface area contributed by atoms with Gasteiger partial charge in [0.2, 0.25) is 5.56 Å². The van der Waals surface area contributed by atoms with Crippen LogP contribution in [0.25, 0.3) is 10.9 Å². The van der Waals surface area contributed by atoms with E-state index < -0.39 is 6.43 Å². The van der Waals surface area contributed by atoms with Crippen molar-refractivity contribution in [3.63, 3.8) is 0 Å². The molecular formula is C10H7F2NO. The summed E-state index contributed by atoms with van der Waals surface area (Å²) in [6.45, 7) is 0. The molecule has 0 aliphatic heterocycles. The molecule has 0 amide bonds. The standard InChI is InChI=1S/C10H7F2NO/c11-10(12)7-3-1-2-6-4-5-8(14)13-9(6)7/h1-5,10H,(H,13,14). The average molecular weight is 195 g/mol. The number of nitrogens with one attached hydrogen (secondary N) is 1. The average Bonchev–Trinajstić information content (AvgIpc) is 2.16. The number of benzene rings is 1. The van der Waals surface area contributed by atoms with E-state index in [4.69, 9.17) is 0 Å². The van der Waals surface area contributed by atoms with E-state index in [2.05, 4.69) is 4.98 Å². The minimum Gasteiger partial charge on any atom is -0.321 e. The third-order valence-corrected chi connectivity index (χ3v) is 2.03. The maximum absolute atomic E-state index is 12.5. The van der Waals surface area contributed by atoms with Crippen molar-refractivity contribution in [2.45, 2.75) is 6.43 Å². The van der Waals surface area contributed by atoms with Gasteiger partial charge in [0.1, 0.15) is 0 Å². The van der Waals surface area contributed by atoms with Crippen LogP contribution in [-0.4, -0.2) is 4.98 Å². The van der Waals surface area contributed by atoms with Crippen LogP contribution in [0.5, 0.6) is 0 Å². The van der Waals surface area contributed by atoms with Crippen molar-refractivity contribution in [1.82, 2.24) is 4.98 Å². The van der Waals surface area contributed by atoms with Crippen LogP contribution >= 0.6 is 0 Å². The Morgan fingerprint density at radius 1 is 1.14 bits per heavy atom. The van der Waals surface area contributed by atoms with Crippen molar-refractivity contribution in [3.05, 3.63) is 46.2 Å². The smallest absolute Gasteiger partial charge is 0.265 e. The lowest BCUT2D eigenvalue weighted by Gasteiger charge is -2.03. The number of fused-ring (bicyclic) bond motifs is 1. The third-order valence-electron chi connectivity index (χ3n) is 2.03. The van der Waals surface area contributed by atoms with Gasteiger partial charge in [0.15, 0.2) is 0 Å². The summed E-state index contributed by atoms with van der Waals surface area (Å²) in [6, 6.07) is 7.37. The zero-order valence-corrected chi connectivity index (χ0v) is 7.13. The number of aromatic nitrogens is 1. The first-order chi connectivity index (χ1) is 6.68. The first kappa shape index (κ1) is 8.87. The molecule has 0 bridgehead atoms. The lowest BCUT2D eigenvalue weighted by atomic mass is 10.1. The molecule has 0 fully saturated rings. The fourth-order valence-electron chi connectivity index (χ4n) is 1.38. The summed E-state index contributed by atoms with van der Waals surface area (Å²) in [5.74, 6) is 0. The number of hydrogen-bond acceptors (Lipinski definition) is 1. The Bertz CT molecular complexity index is 519. The third kappa shape index (κ3) is 1.39. The molecule has 2 rings (SSSR count). The summed E-state index contributed by atoms with van der Waals surface area (Å²) in [6.07, 6.45) is -2.57. The van der Waals surface area contributed by atoms with E-state index in [-0.39, 0.29) is 16.6 Å². The number of hydrogen-bond donors (Lipinski definition) is 1. The van der Waals surface area contributed by atoms with E-state index in [1.165, 1.54) is 18.2 Å². The van der Waals surface area contributed by atoms with Gasteiger partial charge >= 0.3 is 0 Å². The van der Waals surface area contributed by atoms with Crippen molar-refractivity contribution in [1.29, 1.82) is 0 Å². The Kier molecular flexibility index (Phi) is 2.04. The Balaban J connectivity index is 2.84. The number of halogens is 2. The Labute approximate surface area is 78.2 Å². The molecule has 0 saturated carbocycles. The van der Waals surface area contributed by atoms with Gasteiger partial charge in [0.05, 0.1) is 5.52 Å². The fourth-order valence-corrected chi connectivity index (χ4v) is 1.38. The van der Waals surface area contributed by atoms with E-state index in [1.54, 1.807) is 12.1 Å². The number of alkyl halides is 2. The van der Waals surface area contributed by atoms with Crippen LogP contribution in [0.3, 0.4) is 0 Å². The fraction of sp³-hybridized carbons (Fsp3) is 0.100. The van der Waals surface area contributed by atoms with Gasteiger partial charge in [0.25, 0.3) is 6.43 Å². The molecule has 1 heterocycles. The van der Waals surface area contributed by atoms with Crippen LogP contribution < -0.4 is 5.56 Å². The molecule has 1 aromatic heterocycles. The van der Waals surface area contributed by atoms with E-state index in [0.717, 1.165) is 0 Å². The Morgan fingerprint density at radius 2 is 1.93 bits per heavy atom. The molecule has 0 atom stereocenters. The van der Waals surface area contributed by atoms with Crippen molar-refractivity contribution in [3.8, 4) is 0 Å². The second-order valence-corrected chi connectivity index (χ2v) is 2.93. The number of pyridine rings is 1. The zero-order valence-electron chi connectivity index (χ0n) is 7.13. The molecule has 0 aliphatic carbocycles. The minimum atomic E-state index is -2.57. The number of H-pyrrole nitrogens is 1. The van der Waals surface area contributed by atoms with Gasteiger partial charge in [-0.3, -0.25) is 4.79 Å². The molecule has 2 nitrogen and oxygen atoms in total. The lowest BCUT2D eigenvalue weighted by Crippen LogP contribution is -2.04. The summed E-state index contributed by atoms with van der Waals surface area (Å²) in [7, 11) is 0. The lowest BCUT2D eigenvalue weighted by molar-refractivity contribution is 0.153. The number of para-hydroxylation sites is 1. The first-order valence-electron chi connectivity index (χ1n) is 4.08. The van der Waals surface area contributed by atoms with Crippen molar-refractivity contribution < 1.29 is 8.78 Å². The van der Waals surface area contributed by atoms with Crippen molar-refractivity contribution in [2.24, 2.45) is 0 Å². The topological polar surface area (TPSA) is 32.9 Å². The summed E-state index contributed by atoms with van der Waals surface area (Å²) >= 11 is 0. The predicted octanol–water partition coefficient (Wildman–Crippen LogP) is 2.47. The molecule has 0 unspecified atom stereocenters. The van der Waals surface area contributed by atoms with Gasteiger partial charge in [-0.1, -0.05) is 18.2 Å². The van der Waals surface area contributed by atoms with Crippen LogP contribution in [0.4, 0.5) is 8.78 Å². The quantitative estimate of drug-likeness (QED) is 0.744. The maximum Gasteiger partial charge on any atom is 0.265 e. The number of rotatable bonds is 1. The van der Waals surface area contributed by atoms with Gasteiger partial charge in [-0.05, 0) is 11.5 Å². The molecular weight excluding hydrogens is 188 g/mol. The minimum absolute atomic E-state index is 0.139. The summed E-state index contributed by atoms with van der Waals surface area (Å²) in [4.78, 5) is 13.4. The van der Waals surface area contributed by atoms with Crippen LogP contribution in [0.1, 0.15) is 12.0 Å². The van der Waals surface area contributed by atoms with Gasteiger partial charge < -0.3 is 4.98 Å². The van der Waals surface area contributed by atoms with Crippen LogP contribution in [0.15, 0.2) is 35.1 Å². The number of aromatic amines is 1. The monoisotopic (exact) mass is 195 g/mol. The molecule has 1 N–H and O–H groups in total. The van der Waals surface area contributed by atoms with E-state index in [9.17, 15) is 13.6 Å². The van der Waals surface area contributed by atoms with Crippen LogP contribution in [-0.2, 0) is 0 Å². The highest BCUT2D eigenvalue weighted by Crippen LogP contribution is 2.24. The molecule has 4 heteroatoms. The van der Waals surface area contributed by atoms with Crippen LogP contribution in [0.2, 0.25) is 0 Å². The Morgan fingerprint density at radius 3 is 2.64 bits per heavy atom. The normalized spacial score (nSPS) is 11.1. The van der Waals surface area contributed by atoms with E-state index in [1.807, 2.05) is 0 Å². The highest BCUT2D eigenvalue weighted by molar-refractivity contribution is 5.81. The highest BCUT2D eigenvalue weighted by atomic mass is 19.3. The maximum atomic E-state index is 12.5. The van der Waals surface area contributed by atoms with Gasteiger partial charge in [-0.25, -0.2) is 8.78 Å². The SMILES string of the molecule is O=c1ccc2cccc(C(F)F)c2[nH]1. The molecule has 0 aliphatic rings. The first-order valence-corrected chi connectivity index (χ1v) is 4.08. The van der Waals surface area contributed by atoms with Crippen molar-refractivity contribution >= 4 is 10.9 Å². The van der Waals surface area contributed by atoms with Crippen molar-refractivity contribution in [2.75, 3.05) is 0 Å². The van der Waals surface area contributed by atoms with Crippen LogP contribution in [0, 0.1) is 0 Å². The second-order valence-electron chi connectivity index (χ2n) is 2.93. The van der Waals surface area contributed by atoms with E-state index >= 15 is 0 Å². The summed E-state index contributed by atoms with van der Waals surface area (Å²) < 4.78 is 25.0. The zero-order chi connectivity index (χ0) is 10.1. The molecule has 1 aromatic carbocycles. The molecule has 14 heavy (non-hydrogen) atoms. The molecule has 72 valence electrons. The Hall–Kier alpha value is -1.71. The second kappa shape index (κ2) is 3.21. The molecule has 0 saturated heterocycles. The van der Waals surface area contributed by atoms with Gasteiger partial charge in [0, 0.05) is 11.6 Å². The summed E-state index contributed by atoms with van der Waals surface area (Å²) in [5.41, 5.74) is -0.291. The predicted molar refractivity (Wildman–Crippen MR) is 49.5 cm³/mol. The highest BCUT2D eigenvalue weighted by Gasteiger charge is 2.10. The molecule has 2 aromatic rings. The van der Waals surface area contributed by atoms with Gasteiger partial charge in [-0.15, -0.1) is 0 Å².